The first kappa shape index (κ1) is 32.0. The smallest absolute Gasteiger partial charge is 0.331 e. The van der Waals surface area contributed by atoms with Crippen molar-refractivity contribution < 1.29 is 24.3 Å². The molecule has 3 N–H and O–H groups in total. The van der Waals surface area contributed by atoms with Crippen molar-refractivity contribution in [2.75, 3.05) is 14.1 Å². The molecule has 1 aromatic carbocycles. The molecule has 0 heterocycles. The number of rotatable bonds is 11. The molecule has 0 saturated carbocycles. The molecule has 206 valence electrons. The minimum Gasteiger partial charge on any atom is -0.478 e. The number of carbonyl (C=O) groups excluding carboxylic acids is 3. The van der Waals surface area contributed by atoms with Gasteiger partial charge in [0.25, 0.3) is 0 Å². The first-order valence-electron chi connectivity index (χ1n) is 12.6. The fourth-order valence-corrected chi connectivity index (χ4v) is 4.43. The lowest BCUT2D eigenvalue weighted by Crippen LogP contribution is -2.61. The molecule has 0 aliphatic heterocycles. The second kappa shape index (κ2) is 12.5. The molecule has 0 radical (unpaired) electrons. The van der Waals surface area contributed by atoms with Crippen LogP contribution in [0.2, 0.25) is 0 Å². The SMILES string of the molecule is CN[C@H](C(=O)N[C@H](C(=O)N(C)[C@H](/C=C(\C)C(=O)O)C(C)C)C(C)(C)C)C(C)(C)c1cccc(C(C)=O)c1. The predicted octanol–water partition coefficient (Wildman–Crippen LogP) is 3.80. The highest BCUT2D eigenvalue weighted by Crippen LogP contribution is 2.30. The molecule has 0 aromatic heterocycles. The van der Waals surface area contributed by atoms with Crippen molar-refractivity contribution in [1.82, 2.24) is 15.5 Å². The van der Waals surface area contributed by atoms with Gasteiger partial charge >= 0.3 is 5.97 Å². The first-order valence-corrected chi connectivity index (χ1v) is 12.6. The van der Waals surface area contributed by atoms with Crippen molar-refractivity contribution in [2.45, 2.75) is 85.9 Å². The molecule has 0 bridgehead atoms. The fourth-order valence-electron chi connectivity index (χ4n) is 4.43. The molecule has 0 spiro atoms. The van der Waals surface area contributed by atoms with Crippen LogP contribution in [0.15, 0.2) is 35.9 Å². The molecule has 37 heavy (non-hydrogen) atoms. The monoisotopic (exact) mass is 515 g/mol. The zero-order valence-electron chi connectivity index (χ0n) is 24.2. The molecular formula is C29H45N3O5. The van der Waals surface area contributed by atoms with E-state index in [2.05, 4.69) is 10.6 Å². The van der Waals surface area contributed by atoms with Crippen molar-refractivity contribution in [3.63, 3.8) is 0 Å². The maximum absolute atomic E-state index is 13.7. The second-order valence-electron chi connectivity index (χ2n) is 11.7. The Morgan fingerprint density at radius 1 is 1.00 bits per heavy atom. The van der Waals surface area contributed by atoms with Crippen LogP contribution in [0.3, 0.4) is 0 Å². The summed E-state index contributed by atoms with van der Waals surface area (Å²) in [5.41, 5.74) is 0.211. The molecule has 0 aliphatic rings. The summed E-state index contributed by atoms with van der Waals surface area (Å²) in [7, 11) is 3.32. The Kier molecular flexibility index (Phi) is 10.8. The van der Waals surface area contributed by atoms with E-state index in [4.69, 9.17) is 0 Å². The van der Waals surface area contributed by atoms with Gasteiger partial charge in [-0.25, -0.2) is 4.79 Å². The van der Waals surface area contributed by atoms with Crippen LogP contribution in [0.5, 0.6) is 0 Å². The number of amides is 2. The number of Topliss-reactive ketones (excluding diaryl/α,β-unsaturated/α-hetero) is 1. The van der Waals surface area contributed by atoms with E-state index < -0.39 is 34.9 Å². The molecule has 3 atom stereocenters. The Balaban J connectivity index is 3.37. The van der Waals surface area contributed by atoms with E-state index >= 15 is 0 Å². The highest BCUT2D eigenvalue weighted by Gasteiger charge is 2.41. The van der Waals surface area contributed by atoms with Gasteiger partial charge in [0, 0.05) is 23.6 Å². The van der Waals surface area contributed by atoms with Gasteiger partial charge in [0.05, 0.1) is 12.1 Å². The number of aliphatic carboxylic acids is 1. The second-order valence-corrected chi connectivity index (χ2v) is 11.7. The van der Waals surface area contributed by atoms with Crippen LogP contribution in [-0.4, -0.2) is 65.8 Å². The van der Waals surface area contributed by atoms with E-state index in [1.165, 1.54) is 18.7 Å². The quantitative estimate of drug-likeness (QED) is 0.305. The van der Waals surface area contributed by atoms with E-state index in [1.54, 1.807) is 38.4 Å². The van der Waals surface area contributed by atoms with Gasteiger partial charge in [0.2, 0.25) is 11.8 Å². The molecular weight excluding hydrogens is 470 g/mol. The lowest BCUT2D eigenvalue weighted by atomic mass is 9.76. The van der Waals surface area contributed by atoms with Crippen LogP contribution in [-0.2, 0) is 19.8 Å². The molecule has 1 rings (SSSR count). The number of hydrogen-bond acceptors (Lipinski definition) is 5. The third kappa shape index (κ3) is 7.99. The highest BCUT2D eigenvalue weighted by molar-refractivity contribution is 5.94. The predicted molar refractivity (Wildman–Crippen MR) is 146 cm³/mol. The van der Waals surface area contributed by atoms with Gasteiger partial charge in [0.15, 0.2) is 5.78 Å². The summed E-state index contributed by atoms with van der Waals surface area (Å²) in [6.07, 6.45) is 1.58. The number of benzene rings is 1. The minimum absolute atomic E-state index is 0.0443. The summed E-state index contributed by atoms with van der Waals surface area (Å²) >= 11 is 0. The van der Waals surface area contributed by atoms with Crippen molar-refractivity contribution in [3.05, 3.63) is 47.0 Å². The van der Waals surface area contributed by atoms with E-state index in [1.807, 2.05) is 54.5 Å². The topological polar surface area (TPSA) is 116 Å². The number of ketones is 1. The summed E-state index contributed by atoms with van der Waals surface area (Å²) in [5, 5.41) is 15.4. The maximum atomic E-state index is 13.7. The molecule has 2 amide bonds. The number of carbonyl (C=O) groups is 4. The van der Waals surface area contributed by atoms with Gasteiger partial charge in [-0.15, -0.1) is 0 Å². The van der Waals surface area contributed by atoms with Crippen LogP contribution >= 0.6 is 0 Å². The van der Waals surface area contributed by atoms with Crippen molar-refractivity contribution in [1.29, 1.82) is 0 Å². The Labute approximate surface area is 221 Å². The lowest BCUT2D eigenvalue weighted by molar-refractivity contribution is -0.141. The Morgan fingerprint density at radius 2 is 1.57 bits per heavy atom. The van der Waals surface area contributed by atoms with Crippen LogP contribution in [0.1, 0.15) is 78.2 Å². The number of hydrogen-bond donors (Lipinski definition) is 3. The number of carboxylic acids is 1. The summed E-state index contributed by atoms with van der Waals surface area (Å²) < 4.78 is 0. The minimum atomic E-state index is -1.04. The van der Waals surface area contributed by atoms with Crippen LogP contribution in [0, 0.1) is 11.3 Å². The number of likely N-dealkylation sites (N-methyl/N-ethyl adjacent to an activating group) is 2. The average molecular weight is 516 g/mol. The van der Waals surface area contributed by atoms with Crippen LogP contribution in [0.25, 0.3) is 0 Å². The van der Waals surface area contributed by atoms with Gasteiger partial charge in [-0.3, -0.25) is 14.4 Å². The number of nitrogens with zero attached hydrogens (tertiary/aromatic N) is 1. The van der Waals surface area contributed by atoms with Gasteiger partial charge in [-0.1, -0.05) is 72.7 Å². The molecule has 0 unspecified atom stereocenters. The zero-order valence-corrected chi connectivity index (χ0v) is 24.2. The Morgan fingerprint density at radius 3 is 2.00 bits per heavy atom. The molecule has 0 fully saturated rings. The van der Waals surface area contributed by atoms with E-state index in [9.17, 15) is 24.3 Å². The summed E-state index contributed by atoms with van der Waals surface area (Å²) in [6, 6.07) is 5.20. The number of carboxylic acid groups (broad SMARTS) is 1. The standard InChI is InChI=1S/C29H45N3O5/c1-17(2)22(15-18(3)27(36)37)32(11)26(35)24(28(5,6)7)31-25(34)23(30-10)29(8,9)21-14-12-13-20(16-21)19(4)33/h12-17,22-24,30H,1-11H3,(H,31,34)(H,36,37)/b18-15+/t22-,23-,24-/m1/s1. The van der Waals surface area contributed by atoms with Gasteiger partial charge < -0.3 is 20.6 Å². The Bertz CT molecular complexity index is 1040. The summed E-state index contributed by atoms with van der Waals surface area (Å²) in [6.45, 7) is 16.3. The van der Waals surface area contributed by atoms with Crippen molar-refractivity contribution in [2.24, 2.45) is 11.3 Å². The van der Waals surface area contributed by atoms with E-state index in [0.29, 0.717) is 5.56 Å². The van der Waals surface area contributed by atoms with Gasteiger partial charge in [-0.05, 0) is 43.9 Å². The van der Waals surface area contributed by atoms with Crippen LogP contribution < -0.4 is 10.6 Å². The molecule has 8 heteroatoms. The van der Waals surface area contributed by atoms with Crippen molar-refractivity contribution >= 4 is 23.6 Å². The third-order valence-electron chi connectivity index (χ3n) is 6.92. The first-order chi connectivity index (χ1) is 16.9. The molecule has 0 saturated heterocycles. The fraction of sp³-hybridized carbons (Fsp3) is 0.586. The number of nitrogens with one attached hydrogen (secondary N) is 2. The van der Waals surface area contributed by atoms with E-state index in [-0.39, 0.29) is 29.1 Å². The molecule has 0 aliphatic carbocycles. The normalized spacial score (nSPS) is 15.1. The molecule has 1 aromatic rings. The van der Waals surface area contributed by atoms with Gasteiger partial charge in [-0.2, -0.15) is 0 Å². The molecule has 8 nitrogen and oxygen atoms in total. The Hall–Kier alpha value is -3.00. The van der Waals surface area contributed by atoms with Crippen molar-refractivity contribution in [3.8, 4) is 0 Å². The summed E-state index contributed by atoms with van der Waals surface area (Å²) in [4.78, 5) is 52.3. The third-order valence-corrected chi connectivity index (χ3v) is 6.92. The van der Waals surface area contributed by atoms with E-state index in [0.717, 1.165) is 5.56 Å². The summed E-state index contributed by atoms with van der Waals surface area (Å²) in [5.74, 6) is -1.80. The van der Waals surface area contributed by atoms with Crippen LogP contribution in [0.4, 0.5) is 0 Å². The maximum Gasteiger partial charge on any atom is 0.331 e. The largest absolute Gasteiger partial charge is 0.478 e. The zero-order chi connectivity index (χ0) is 28.9. The average Bonchev–Trinajstić information content (AvgIpc) is 2.79. The van der Waals surface area contributed by atoms with Gasteiger partial charge in [0.1, 0.15) is 6.04 Å². The lowest BCUT2D eigenvalue weighted by Gasteiger charge is -2.40. The highest BCUT2D eigenvalue weighted by atomic mass is 16.4.